The molecule has 5 rings (SSSR count). The van der Waals surface area contributed by atoms with Crippen LogP contribution in [0, 0.1) is 0 Å². The van der Waals surface area contributed by atoms with Gasteiger partial charge in [-0.3, -0.25) is 0 Å². The SMILES string of the molecule is O=S(=O)(c1ccc2c(c1)CCCNC2)N1C2CCC1c1cncnc1C2. The summed E-state index contributed by atoms with van der Waals surface area (Å²) in [6.07, 6.45) is 7.73. The molecule has 26 heavy (non-hydrogen) atoms. The van der Waals surface area contributed by atoms with E-state index in [1.54, 1.807) is 22.9 Å². The van der Waals surface area contributed by atoms with Gasteiger partial charge in [-0.25, -0.2) is 18.4 Å². The highest BCUT2D eigenvalue weighted by Gasteiger charge is 2.47. The van der Waals surface area contributed by atoms with Crippen molar-refractivity contribution in [1.29, 1.82) is 0 Å². The zero-order valence-corrected chi connectivity index (χ0v) is 15.4. The van der Waals surface area contributed by atoms with Gasteiger partial charge in [-0.1, -0.05) is 6.07 Å². The van der Waals surface area contributed by atoms with Crippen molar-refractivity contribution in [3.63, 3.8) is 0 Å². The number of rotatable bonds is 2. The molecule has 6 nitrogen and oxygen atoms in total. The smallest absolute Gasteiger partial charge is 0.243 e. The summed E-state index contributed by atoms with van der Waals surface area (Å²) >= 11 is 0. The van der Waals surface area contributed by atoms with Gasteiger partial charge in [0.25, 0.3) is 0 Å². The van der Waals surface area contributed by atoms with Crippen molar-refractivity contribution in [2.45, 2.75) is 55.6 Å². The summed E-state index contributed by atoms with van der Waals surface area (Å²) in [6.45, 7) is 1.79. The molecule has 2 aromatic rings. The second-order valence-corrected chi connectivity index (χ2v) is 9.26. The minimum absolute atomic E-state index is 0.00729. The summed E-state index contributed by atoms with van der Waals surface area (Å²) in [5.74, 6) is 0. The Morgan fingerprint density at radius 2 is 2.12 bits per heavy atom. The van der Waals surface area contributed by atoms with Crippen LogP contribution in [-0.2, 0) is 29.4 Å². The van der Waals surface area contributed by atoms with Gasteiger partial charge in [-0.2, -0.15) is 4.31 Å². The maximum absolute atomic E-state index is 13.5. The third-order valence-electron chi connectivity index (χ3n) is 5.92. The molecule has 4 heterocycles. The number of hydrogen-bond acceptors (Lipinski definition) is 5. The van der Waals surface area contributed by atoms with E-state index in [1.807, 2.05) is 12.1 Å². The van der Waals surface area contributed by atoms with Gasteiger partial charge in [0, 0.05) is 30.8 Å². The Morgan fingerprint density at radius 3 is 3.04 bits per heavy atom. The van der Waals surface area contributed by atoms with Crippen molar-refractivity contribution in [1.82, 2.24) is 19.6 Å². The van der Waals surface area contributed by atoms with Crippen LogP contribution in [0.2, 0.25) is 0 Å². The molecule has 2 atom stereocenters. The van der Waals surface area contributed by atoms with E-state index in [9.17, 15) is 8.42 Å². The Hall–Kier alpha value is -1.83. The lowest BCUT2D eigenvalue weighted by atomic mass is 10.0. The van der Waals surface area contributed by atoms with Crippen molar-refractivity contribution in [2.24, 2.45) is 0 Å². The van der Waals surface area contributed by atoms with E-state index < -0.39 is 10.0 Å². The summed E-state index contributed by atoms with van der Waals surface area (Å²) in [7, 11) is -3.53. The molecule has 1 fully saturated rings. The second kappa shape index (κ2) is 6.11. The van der Waals surface area contributed by atoms with Gasteiger partial charge in [-0.15, -0.1) is 0 Å². The fourth-order valence-corrected chi connectivity index (χ4v) is 6.56. The minimum atomic E-state index is -3.53. The largest absolute Gasteiger partial charge is 0.313 e. The number of sulfonamides is 1. The molecule has 2 unspecified atom stereocenters. The van der Waals surface area contributed by atoms with Crippen molar-refractivity contribution >= 4 is 10.0 Å². The molecule has 2 bridgehead atoms. The molecule has 136 valence electrons. The molecule has 0 aliphatic carbocycles. The quantitative estimate of drug-likeness (QED) is 0.875. The summed E-state index contributed by atoms with van der Waals surface area (Å²) < 4.78 is 28.7. The van der Waals surface area contributed by atoms with Gasteiger partial charge >= 0.3 is 0 Å². The van der Waals surface area contributed by atoms with Crippen LogP contribution < -0.4 is 5.32 Å². The van der Waals surface area contributed by atoms with E-state index in [0.29, 0.717) is 11.3 Å². The average molecular weight is 370 g/mol. The molecule has 1 aromatic heterocycles. The third kappa shape index (κ3) is 2.49. The van der Waals surface area contributed by atoms with Crippen molar-refractivity contribution in [2.75, 3.05) is 6.54 Å². The van der Waals surface area contributed by atoms with E-state index in [4.69, 9.17) is 0 Å². The van der Waals surface area contributed by atoms with Gasteiger partial charge in [0.1, 0.15) is 6.33 Å². The highest BCUT2D eigenvalue weighted by atomic mass is 32.2. The van der Waals surface area contributed by atoms with Gasteiger partial charge in [0.05, 0.1) is 16.6 Å². The predicted octanol–water partition coefficient (Wildman–Crippen LogP) is 1.96. The fraction of sp³-hybridized carbons (Fsp3) is 0.474. The zero-order valence-electron chi connectivity index (χ0n) is 14.6. The molecule has 1 aromatic carbocycles. The zero-order chi connectivity index (χ0) is 17.7. The van der Waals surface area contributed by atoms with Crippen LogP contribution in [0.15, 0.2) is 35.6 Å². The first kappa shape index (κ1) is 16.4. The first-order chi connectivity index (χ1) is 12.6. The Morgan fingerprint density at radius 1 is 1.19 bits per heavy atom. The van der Waals surface area contributed by atoms with Crippen LogP contribution in [0.1, 0.15) is 47.7 Å². The Balaban J connectivity index is 1.55. The van der Waals surface area contributed by atoms with Crippen LogP contribution in [0.5, 0.6) is 0 Å². The van der Waals surface area contributed by atoms with E-state index in [0.717, 1.165) is 55.6 Å². The molecule has 1 N–H and O–H groups in total. The predicted molar refractivity (Wildman–Crippen MR) is 97.0 cm³/mol. The number of aryl methyl sites for hydroxylation is 1. The van der Waals surface area contributed by atoms with Gasteiger partial charge in [-0.05, 0) is 55.5 Å². The van der Waals surface area contributed by atoms with Gasteiger partial charge in [0.2, 0.25) is 10.0 Å². The lowest BCUT2D eigenvalue weighted by Gasteiger charge is -2.34. The van der Waals surface area contributed by atoms with E-state index in [2.05, 4.69) is 15.3 Å². The number of benzene rings is 1. The first-order valence-corrected chi connectivity index (χ1v) is 10.7. The van der Waals surface area contributed by atoms with Crippen molar-refractivity contribution in [3.8, 4) is 0 Å². The summed E-state index contributed by atoms with van der Waals surface area (Å²) in [5.41, 5.74) is 4.35. The van der Waals surface area contributed by atoms with Crippen LogP contribution in [0.3, 0.4) is 0 Å². The normalized spacial score (nSPS) is 25.4. The standard InChI is InChI=1S/C19H22N4O2S/c24-26(25,16-5-3-14-10-20-7-1-2-13(14)8-16)23-15-4-6-19(23)17-11-21-12-22-18(17)9-15/h3,5,8,11-12,15,19-20H,1-2,4,6-7,9-10H2. The first-order valence-electron chi connectivity index (χ1n) is 9.29. The second-order valence-electron chi connectivity index (χ2n) is 7.42. The monoisotopic (exact) mass is 370 g/mol. The number of nitrogens with one attached hydrogen (secondary N) is 1. The molecule has 0 spiro atoms. The van der Waals surface area contributed by atoms with Crippen LogP contribution in [-0.4, -0.2) is 35.3 Å². The number of nitrogens with zero attached hydrogens (tertiary/aromatic N) is 3. The molecule has 7 heteroatoms. The lowest BCUT2D eigenvalue weighted by molar-refractivity contribution is 0.300. The molecule has 3 aliphatic heterocycles. The van der Waals surface area contributed by atoms with Crippen LogP contribution in [0.25, 0.3) is 0 Å². The van der Waals surface area contributed by atoms with E-state index >= 15 is 0 Å². The summed E-state index contributed by atoms with van der Waals surface area (Å²) in [4.78, 5) is 8.94. The van der Waals surface area contributed by atoms with Crippen LogP contribution >= 0.6 is 0 Å². The fourth-order valence-electron chi connectivity index (χ4n) is 4.66. The Kier molecular flexibility index (Phi) is 3.84. The van der Waals surface area contributed by atoms with Crippen LogP contribution in [0.4, 0.5) is 0 Å². The number of hydrogen-bond donors (Lipinski definition) is 1. The minimum Gasteiger partial charge on any atom is -0.313 e. The summed E-state index contributed by atoms with van der Waals surface area (Å²) in [5, 5.41) is 3.39. The summed E-state index contributed by atoms with van der Waals surface area (Å²) in [6, 6.07) is 5.53. The highest BCUT2D eigenvalue weighted by Crippen LogP contribution is 2.45. The van der Waals surface area contributed by atoms with E-state index in [-0.39, 0.29) is 12.1 Å². The molecular weight excluding hydrogens is 348 g/mol. The van der Waals surface area contributed by atoms with E-state index in [1.165, 1.54) is 5.56 Å². The molecule has 0 amide bonds. The maximum Gasteiger partial charge on any atom is 0.243 e. The van der Waals surface area contributed by atoms with Crippen molar-refractivity contribution < 1.29 is 8.42 Å². The Labute approximate surface area is 153 Å². The third-order valence-corrected chi connectivity index (χ3v) is 7.88. The maximum atomic E-state index is 13.5. The van der Waals surface area contributed by atoms with Gasteiger partial charge in [0.15, 0.2) is 0 Å². The van der Waals surface area contributed by atoms with Gasteiger partial charge < -0.3 is 5.32 Å². The highest BCUT2D eigenvalue weighted by molar-refractivity contribution is 7.89. The average Bonchev–Trinajstić information content (AvgIpc) is 2.83. The molecular formula is C19H22N4O2S. The Bertz CT molecular complexity index is 960. The molecule has 1 saturated heterocycles. The van der Waals surface area contributed by atoms with Crippen molar-refractivity contribution in [3.05, 3.63) is 53.1 Å². The topological polar surface area (TPSA) is 75.2 Å². The number of aromatic nitrogens is 2. The number of fused-ring (bicyclic) bond motifs is 5. The molecule has 0 saturated carbocycles. The molecule has 3 aliphatic rings. The lowest BCUT2D eigenvalue weighted by Crippen LogP contribution is -2.42. The molecule has 0 radical (unpaired) electrons.